The van der Waals surface area contributed by atoms with Crippen molar-refractivity contribution in [3.05, 3.63) is 35.6 Å². The van der Waals surface area contributed by atoms with Gasteiger partial charge in [0.1, 0.15) is 5.82 Å². The lowest BCUT2D eigenvalue weighted by molar-refractivity contribution is 0.407. The number of benzene rings is 1. The van der Waals surface area contributed by atoms with Crippen LogP contribution in [0.3, 0.4) is 0 Å². The molecule has 0 saturated carbocycles. The Bertz CT molecular complexity index is 466. The van der Waals surface area contributed by atoms with Crippen molar-refractivity contribution in [1.29, 1.82) is 0 Å². The zero-order chi connectivity index (χ0) is 14.6. The molecule has 4 heteroatoms. The molecule has 1 heterocycles. The fraction of sp³-hybridized carbons (Fsp3) is 0.562. The van der Waals surface area contributed by atoms with Crippen molar-refractivity contribution in [2.24, 2.45) is 4.99 Å². The summed E-state index contributed by atoms with van der Waals surface area (Å²) in [5.41, 5.74) is 1.35. The van der Waals surface area contributed by atoms with Gasteiger partial charge in [-0.15, -0.1) is 0 Å². The molecule has 0 bridgehead atoms. The standard InChI is InChI=1S/C16H23FN2S/c1-4-16(5-2)11-20-15(19-16)18-12(3)10-13-6-8-14(17)9-7-13/h6-9,12H,4-5,10-11H2,1-3H3,(H,18,19). The van der Waals surface area contributed by atoms with Crippen LogP contribution in [0.4, 0.5) is 4.39 Å². The highest BCUT2D eigenvalue weighted by Crippen LogP contribution is 2.29. The third-order valence-corrected chi connectivity index (χ3v) is 5.17. The smallest absolute Gasteiger partial charge is 0.157 e. The lowest BCUT2D eigenvalue weighted by Gasteiger charge is -2.25. The van der Waals surface area contributed by atoms with Crippen LogP contribution in [0.5, 0.6) is 0 Å². The van der Waals surface area contributed by atoms with Gasteiger partial charge in [-0.2, -0.15) is 0 Å². The second-order valence-corrected chi connectivity index (χ2v) is 6.48. The number of halogens is 1. The summed E-state index contributed by atoms with van der Waals surface area (Å²) in [6, 6.07) is 6.90. The molecule has 110 valence electrons. The maximum Gasteiger partial charge on any atom is 0.157 e. The maximum absolute atomic E-state index is 12.9. The minimum Gasteiger partial charge on any atom is -0.359 e. The molecule has 2 nitrogen and oxygen atoms in total. The van der Waals surface area contributed by atoms with Gasteiger partial charge < -0.3 is 5.32 Å². The molecule has 0 spiro atoms. The van der Waals surface area contributed by atoms with Crippen LogP contribution in [0.25, 0.3) is 0 Å². The minimum atomic E-state index is -0.184. The molecule has 0 amide bonds. The maximum atomic E-state index is 12.9. The fourth-order valence-corrected chi connectivity index (χ4v) is 3.85. The van der Waals surface area contributed by atoms with Gasteiger partial charge >= 0.3 is 0 Å². The Labute approximate surface area is 125 Å². The Balaban J connectivity index is 1.96. The van der Waals surface area contributed by atoms with Crippen molar-refractivity contribution in [2.45, 2.75) is 51.6 Å². The summed E-state index contributed by atoms with van der Waals surface area (Å²) in [6.07, 6.45) is 3.10. The normalized spacial score (nSPS) is 20.9. The Morgan fingerprint density at radius 3 is 2.50 bits per heavy atom. The molecule has 0 radical (unpaired) electrons. The molecule has 1 saturated heterocycles. The van der Waals surface area contributed by atoms with E-state index in [4.69, 9.17) is 4.99 Å². The zero-order valence-corrected chi connectivity index (χ0v) is 13.3. The predicted octanol–water partition coefficient (Wildman–Crippen LogP) is 4.01. The van der Waals surface area contributed by atoms with Gasteiger partial charge in [-0.05, 0) is 43.9 Å². The van der Waals surface area contributed by atoms with Crippen LogP contribution in [0.15, 0.2) is 29.3 Å². The van der Waals surface area contributed by atoms with Gasteiger partial charge in [-0.25, -0.2) is 4.39 Å². The molecular formula is C16H23FN2S. The Morgan fingerprint density at radius 1 is 1.30 bits per heavy atom. The lowest BCUT2D eigenvalue weighted by Crippen LogP contribution is -2.42. The molecule has 1 aromatic rings. The first kappa shape index (κ1) is 15.4. The van der Waals surface area contributed by atoms with Gasteiger partial charge in [0.25, 0.3) is 0 Å². The molecule has 20 heavy (non-hydrogen) atoms. The molecule has 0 aliphatic carbocycles. The summed E-state index contributed by atoms with van der Waals surface area (Å²) in [5, 5.41) is 4.64. The van der Waals surface area contributed by atoms with Crippen molar-refractivity contribution < 1.29 is 4.39 Å². The number of nitrogens with one attached hydrogen (secondary N) is 1. The van der Waals surface area contributed by atoms with Gasteiger partial charge in [-0.1, -0.05) is 37.7 Å². The zero-order valence-electron chi connectivity index (χ0n) is 12.4. The molecule has 1 fully saturated rings. The van der Waals surface area contributed by atoms with E-state index >= 15 is 0 Å². The van der Waals surface area contributed by atoms with E-state index in [-0.39, 0.29) is 17.4 Å². The number of hydrogen-bond donors (Lipinski definition) is 1. The number of thioether (sulfide) groups is 1. The Morgan fingerprint density at radius 2 is 1.95 bits per heavy atom. The van der Waals surface area contributed by atoms with Crippen molar-refractivity contribution in [2.75, 3.05) is 5.75 Å². The molecule has 1 N–H and O–H groups in total. The molecule has 1 unspecified atom stereocenters. The summed E-state index contributed by atoms with van der Waals surface area (Å²) >= 11 is 1.82. The summed E-state index contributed by atoms with van der Waals surface area (Å²) in [4.78, 5) is 4.76. The van der Waals surface area contributed by atoms with E-state index in [9.17, 15) is 4.39 Å². The van der Waals surface area contributed by atoms with Gasteiger partial charge in [0.15, 0.2) is 5.17 Å². The predicted molar refractivity (Wildman–Crippen MR) is 85.9 cm³/mol. The van der Waals surface area contributed by atoms with E-state index in [1.54, 1.807) is 0 Å². The summed E-state index contributed by atoms with van der Waals surface area (Å²) < 4.78 is 12.9. The average Bonchev–Trinajstić information content (AvgIpc) is 2.85. The van der Waals surface area contributed by atoms with E-state index < -0.39 is 0 Å². The second-order valence-electron chi connectivity index (χ2n) is 5.51. The van der Waals surface area contributed by atoms with Crippen LogP contribution in [-0.4, -0.2) is 22.5 Å². The monoisotopic (exact) mass is 294 g/mol. The van der Waals surface area contributed by atoms with Crippen LogP contribution in [0.1, 0.15) is 39.2 Å². The fourth-order valence-electron chi connectivity index (χ4n) is 2.41. The van der Waals surface area contributed by atoms with Crippen molar-refractivity contribution in [3.63, 3.8) is 0 Å². The van der Waals surface area contributed by atoms with Crippen molar-refractivity contribution >= 4 is 16.9 Å². The summed E-state index contributed by atoms with van der Waals surface area (Å²) in [7, 11) is 0. The van der Waals surface area contributed by atoms with Crippen LogP contribution >= 0.6 is 11.8 Å². The Kier molecular flexibility index (Phi) is 5.08. The van der Waals surface area contributed by atoms with Crippen molar-refractivity contribution in [3.8, 4) is 0 Å². The van der Waals surface area contributed by atoms with E-state index in [2.05, 4.69) is 26.1 Å². The molecule has 1 atom stereocenters. The highest BCUT2D eigenvalue weighted by atomic mass is 32.2. The minimum absolute atomic E-state index is 0.184. The largest absolute Gasteiger partial charge is 0.359 e. The molecule has 2 rings (SSSR count). The molecule has 1 aliphatic heterocycles. The number of nitrogens with zero attached hydrogens (tertiary/aromatic N) is 1. The summed E-state index contributed by atoms with van der Waals surface area (Å²) in [6.45, 7) is 6.56. The SMILES string of the molecule is CCC1(CC)CSC(=NC(C)Cc2ccc(F)cc2)N1. The van der Waals surface area contributed by atoms with Gasteiger partial charge in [0.2, 0.25) is 0 Å². The number of aliphatic imine (C=N–C) groups is 1. The van der Waals surface area contributed by atoms with Gasteiger partial charge in [0.05, 0.1) is 6.04 Å². The van der Waals surface area contributed by atoms with E-state index in [0.717, 1.165) is 35.7 Å². The topological polar surface area (TPSA) is 24.4 Å². The molecule has 1 aliphatic rings. The van der Waals surface area contributed by atoms with E-state index in [1.165, 1.54) is 12.1 Å². The second kappa shape index (κ2) is 6.61. The Hall–Kier alpha value is -1.03. The molecule has 0 aromatic heterocycles. The first-order valence-electron chi connectivity index (χ1n) is 7.30. The quantitative estimate of drug-likeness (QED) is 0.887. The van der Waals surface area contributed by atoms with E-state index in [1.807, 2.05) is 23.9 Å². The summed E-state index contributed by atoms with van der Waals surface area (Å²) in [5.74, 6) is 0.915. The number of rotatable bonds is 5. The van der Waals surface area contributed by atoms with Crippen LogP contribution in [0.2, 0.25) is 0 Å². The van der Waals surface area contributed by atoms with Crippen molar-refractivity contribution in [1.82, 2.24) is 5.32 Å². The van der Waals surface area contributed by atoms with Gasteiger partial charge in [-0.3, -0.25) is 4.99 Å². The number of hydrogen-bond acceptors (Lipinski definition) is 2. The third-order valence-electron chi connectivity index (χ3n) is 3.99. The lowest BCUT2D eigenvalue weighted by atomic mass is 9.96. The highest BCUT2D eigenvalue weighted by molar-refractivity contribution is 8.14. The first-order chi connectivity index (χ1) is 9.57. The van der Waals surface area contributed by atoms with Gasteiger partial charge in [0, 0.05) is 11.3 Å². The number of amidine groups is 1. The molecule has 1 aromatic carbocycles. The highest BCUT2D eigenvalue weighted by Gasteiger charge is 2.33. The van der Waals surface area contributed by atoms with Crippen LogP contribution < -0.4 is 5.32 Å². The third kappa shape index (κ3) is 3.75. The van der Waals surface area contributed by atoms with E-state index in [0.29, 0.717) is 0 Å². The average molecular weight is 294 g/mol. The van der Waals surface area contributed by atoms with Crippen LogP contribution in [0, 0.1) is 5.82 Å². The van der Waals surface area contributed by atoms with Crippen LogP contribution in [-0.2, 0) is 6.42 Å². The molecular weight excluding hydrogens is 271 g/mol. The first-order valence-corrected chi connectivity index (χ1v) is 8.28.